The van der Waals surface area contributed by atoms with Crippen molar-refractivity contribution in [3.05, 3.63) is 0 Å². The van der Waals surface area contributed by atoms with Crippen LogP contribution >= 0.6 is 0 Å². The lowest BCUT2D eigenvalue weighted by Gasteiger charge is -2.63. The fourth-order valence-corrected chi connectivity index (χ4v) is 51.5. The smallest absolute Gasteiger partial charge is 0.313 e. The highest BCUT2D eigenvalue weighted by Crippen LogP contribution is 2.65. The third kappa shape index (κ3) is 5.13. The van der Waals surface area contributed by atoms with Gasteiger partial charge in [-0.3, -0.25) is 0 Å². The second-order valence-electron chi connectivity index (χ2n) is 11.2. The average molecular weight is 553 g/mol. The van der Waals surface area contributed by atoms with Gasteiger partial charge >= 0.3 is 17.1 Å². The third-order valence-corrected chi connectivity index (χ3v) is 43.8. The average Bonchev–Trinajstić information content (AvgIpc) is 2.45. The van der Waals surface area contributed by atoms with Crippen LogP contribution in [0.3, 0.4) is 0 Å². The first kappa shape index (κ1) is 25.4. The van der Waals surface area contributed by atoms with Gasteiger partial charge in [0.1, 0.15) is 7.59 Å². The normalized spacial score (nSPS) is 37.9. The van der Waals surface area contributed by atoms with Crippen molar-refractivity contribution in [1.82, 2.24) is 0 Å². The van der Waals surface area contributed by atoms with Crippen LogP contribution in [0.4, 0.5) is 0 Å². The number of rotatable bonds is 4. The van der Waals surface area contributed by atoms with Gasteiger partial charge in [0.2, 0.25) is 0 Å². The van der Waals surface area contributed by atoms with Crippen LogP contribution in [-0.4, -0.2) is 62.1 Å². The lowest BCUT2D eigenvalue weighted by Crippen LogP contribution is -2.77. The van der Waals surface area contributed by atoms with Gasteiger partial charge < -0.3 is 24.7 Å². The van der Waals surface area contributed by atoms with Crippen molar-refractivity contribution in [2.24, 2.45) is 0 Å². The molecule has 0 aromatic rings. The summed E-state index contributed by atoms with van der Waals surface area (Å²) < 4.78 is 39.9. The molecular formula is C18H44O6Si7. The lowest BCUT2D eigenvalue weighted by molar-refractivity contribution is 0.273. The van der Waals surface area contributed by atoms with Crippen LogP contribution < -0.4 is 0 Å². The molecule has 1 heterocycles. The highest BCUT2D eigenvalue weighted by atomic mass is 29.3. The highest BCUT2D eigenvalue weighted by molar-refractivity contribution is 7.40. The van der Waals surface area contributed by atoms with Crippen molar-refractivity contribution in [2.75, 3.05) is 0 Å². The molecule has 0 amide bonds. The van der Waals surface area contributed by atoms with Crippen LogP contribution in [0.15, 0.2) is 0 Å². The van der Waals surface area contributed by atoms with Gasteiger partial charge in [-0.2, -0.15) is 0 Å². The summed E-state index contributed by atoms with van der Waals surface area (Å²) in [4.78, 5) is 0. The maximum absolute atomic E-state index is 7.40. The van der Waals surface area contributed by atoms with Crippen LogP contribution in [0.2, 0.25) is 55.9 Å². The Morgan fingerprint density at radius 3 is 1.71 bits per heavy atom. The first-order chi connectivity index (χ1) is 14.6. The molecule has 4 rings (SSSR count). The molecule has 0 radical (unpaired) electrons. The van der Waals surface area contributed by atoms with Gasteiger partial charge in [0.25, 0.3) is 37.4 Å². The SMILES string of the molecule is C[SiH]1O[SiH2]O[SiH2]O[Si](C)([Si](C2CCC2)(C2CCC2)C2CCC2)O[Si](C)(C)O[Si](C)(C)O1. The van der Waals surface area contributed by atoms with Crippen LogP contribution in [0.1, 0.15) is 57.8 Å². The molecule has 4 fully saturated rings. The first-order valence-corrected chi connectivity index (χ1v) is 28.1. The molecule has 4 aliphatic rings. The molecule has 3 aliphatic carbocycles. The fraction of sp³-hybridized carbons (Fsp3) is 1.00. The molecule has 3 saturated carbocycles. The molecule has 31 heavy (non-hydrogen) atoms. The zero-order chi connectivity index (χ0) is 22.3. The molecule has 1 aliphatic heterocycles. The van der Waals surface area contributed by atoms with E-state index < -0.39 is 62.1 Å². The van der Waals surface area contributed by atoms with Gasteiger partial charge in [-0.05, 0) is 55.9 Å². The highest BCUT2D eigenvalue weighted by Gasteiger charge is 2.70. The van der Waals surface area contributed by atoms with Crippen LogP contribution in [0.25, 0.3) is 0 Å². The molecule has 0 bridgehead atoms. The zero-order valence-corrected chi connectivity index (χ0v) is 28.5. The van der Waals surface area contributed by atoms with Gasteiger partial charge in [0, 0.05) is 0 Å². The molecule has 2 atom stereocenters. The molecule has 2 unspecified atom stereocenters. The van der Waals surface area contributed by atoms with Gasteiger partial charge in [-0.25, -0.2) is 0 Å². The Kier molecular flexibility index (Phi) is 7.97. The molecule has 0 aromatic heterocycles. The lowest BCUT2D eigenvalue weighted by atomic mass is 9.97. The third-order valence-electron chi connectivity index (χ3n) is 8.31. The van der Waals surface area contributed by atoms with E-state index >= 15 is 0 Å². The minimum absolute atomic E-state index is 0.911. The van der Waals surface area contributed by atoms with E-state index in [1.165, 1.54) is 57.8 Å². The second kappa shape index (κ2) is 9.73. The topological polar surface area (TPSA) is 55.4 Å². The second-order valence-corrected chi connectivity index (χ2v) is 36.6. The summed E-state index contributed by atoms with van der Waals surface area (Å²) in [5, 5.41) is 0. The van der Waals surface area contributed by atoms with Gasteiger partial charge in [-0.1, -0.05) is 57.8 Å². The number of hydrogen-bond donors (Lipinski definition) is 0. The largest absolute Gasteiger partial charge is 0.425 e. The Hall–Kier alpha value is 1.28. The molecule has 180 valence electrons. The van der Waals surface area contributed by atoms with E-state index in [1.54, 1.807) is 0 Å². The maximum atomic E-state index is 7.40. The molecule has 1 saturated heterocycles. The van der Waals surface area contributed by atoms with E-state index in [0.717, 1.165) is 16.6 Å². The van der Waals surface area contributed by atoms with E-state index in [4.69, 9.17) is 24.7 Å². The van der Waals surface area contributed by atoms with Crippen LogP contribution in [0.5, 0.6) is 0 Å². The minimum Gasteiger partial charge on any atom is -0.425 e. The molecule has 0 aromatic carbocycles. The van der Waals surface area contributed by atoms with Crippen molar-refractivity contribution in [2.45, 2.75) is 114 Å². The van der Waals surface area contributed by atoms with E-state index in [2.05, 4.69) is 39.3 Å². The maximum Gasteiger partial charge on any atom is 0.313 e. The standard InChI is InChI=1S/C18H44O6Si7/c1-27-20-25-19-26-21-30(6,24-29(4,5)23-28(2,3)22-27)31(16-10-7-11-16,17-12-8-13-17)18-14-9-15-18/h16-18,27H,7-15,25-26H2,1-6H3. The van der Waals surface area contributed by atoms with Gasteiger partial charge in [0.15, 0.2) is 0 Å². The van der Waals surface area contributed by atoms with Gasteiger partial charge in [-0.15, -0.1) is 0 Å². The van der Waals surface area contributed by atoms with E-state index in [0.29, 0.717) is 0 Å². The summed E-state index contributed by atoms with van der Waals surface area (Å²) in [6.07, 6.45) is 12.7. The Morgan fingerprint density at radius 1 is 0.742 bits per heavy atom. The summed E-state index contributed by atoms with van der Waals surface area (Å²) in [6, 6.07) is 0. The molecular weight excluding hydrogens is 509 g/mol. The van der Waals surface area contributed by atoms with E-state index in [9.17, 15) is 0 Å². The van der Waals surface area contributed by atoms with Crippen LogP contribution in [-0.2, 0) is 24.7 Å². The van der Waals surface area contributed by atoms with E-state index in [-0.39, 0.29) is 0 Å². The summed E-state index contributed by atoms with van der Waals surface area (Å²) in [5.41, 5.74) is 2.73. The Balaban J connectivity index is 1.70. The van der Waals surface area contributed by atoms with Crippen LogP contribution in [0, 0.1) is 0 Å². The Morgan fingerprint density at radius 2 is 1.26 bits per heavy atom. The van der Waals surface area contributed by atoms with Crippen molar-refractivity contribution < 1.29 is 24.7 Å². The number of hydrogen-bond acceptors (Lipinski definition) is 6. The molecule has 0 spiro atoms. The molecule has 13 heteroatoms. The summed E-state index contributed by atoms with van der Waals surface area (Å²) >= 11 is 0. The minimum atomic E-state index is -2.45. The summed E-state index contributed by atoms with van der Waals surface area (Å²) in [5.74, 6) is 0. The van der Waals surface area contributed by atoms with Gasteiger partial charge in [0.05, 0.1) is 0 Å². The van der Waals surface area contributed by atoms with Crippen molar-refractivity contribution >= 4 is 62.1 Å². The Bertz CT molecular complexity index is 592. The molecule has 6 nitrogen and oxygen atoms in total. The molecule has 0 N–H and O–H groups in total. The first-order valence-electron chi connectivity index (χ1n) is 12.5. The van der Waals surface area contributed by atoms with Crippen molar-refractivity contribution in [3.63, 3.8) is 0 Å². The predicted octanol–water partition coefficient (Wildman–Crippen LogP) is 3.61. The monoisotopic (exact) mass is 552 g/mol. The van der Waals surface area contributed by atoms with Crippen molar-refractivity contribution in [3.8, 4) is 0 Å². The van der Waals surface area contributed by atoms with E-state index in [1.807, 2.05) is 0 Å². The predicted molar refractivity (Wildman–Crippen MR) is 142 cm³/mol. The fourth-order valence-electron chi connectivity index (χ4n) is 6.88. The zero-order valence-electron chi connectivity index (χ0n) is 20.5. The quantitative estimate of drug-likeness (QED) is 0.497. The summed E-state index contributed by atoms with van der Waals surface area (Å²) in [6.45, 7) is 13.4. The Labute approximate surface area is 200 Å². The summed E-state index contributed by atoms with van der Waals surface area (Å²) in [7, 11) is -12.8. The van der Waals surface area contributed by atoms with Crippen molar-refractivity contribution in [1.29, 1.82) is 0 Å².